The Hall–Kier alpha value is -0.160. The summed E-state index contributed by atoms with van der Waals surface area (Å²) in [6.07, 6.45) is 6.41. The molecule has 0 aromatic carbocycles. The third-order valence-corrected chi connectivity index (χ3v) is 6.31. The summed E-state index contributed by atoms with van der Waals surface area (Å²) in [4.78, 5) is 2.43. The van der Waals surface area contributed by atoms with Crippen molar-refractivity contribution in [2.75, 3.05) is 19.7 Å². The Morgan fingerprint density at radius 1 is 1.09 bits per heavy atom. The molecule has 4 heteroatoms. The first-order valence-corrected chi connectivity index (χ1v) is 9.16. The van der Waals surface area contributed by atoms with Crippen molar-refractivity contribution in [1.82, 2.24) is 4.90 Å². The minimum absolute atomic E-state index is 0.130. The Morgan fingerprint density at radius 2 is 1.68 bits per heavy atom. The zero-order chi connectivity index (χ0) is 15.5. The molecule has 0 aromatic rings. The summed E-state index contributed by atoms with van der Waals surface area (Å²) in [6, 6.07) is -0.130. The van der Waals surface area contributed by atoms with Gasteiger partial charge in [-0.1, -0.05) is 0 Å². The van der Waals surface area contributed by atoms with Gasteiger partial charge in [-0.2, -0.15) is 0 Å². The topological polar surface area (TPSA) is 52.9 Å². The molecule has 22 heavy (non-hydrogen) atoms. The number of hydrogen-bond acceptors (Lipinski definition) is 4. The van der Waals surface area contributed by atoms with Crippen LogP contribution < -0.4 is 0 Å². The smallest absolute Gasteiger partial charge is 0.109 e. The van der Waals surface area contributed by atoms with Crippen LogP contribution >= 0.6 is 0 Å². The maximum absolute atomic E-state index is 11.4. The lowest BCUT2D eigenvalue weighted by Crippen LogP contribution is -2.62. The van der Waals surface area contributed by atoms with Crippen LogP contribution in [0.1, 0.15) is 52.4 Å². The molecule has 4 fully saturated rings. The molecule has 4 atom stereocenters. The van der Waals surface area contributed by atoms with E-state index in [1.807, 2.05) is 0 Å². The van der Waals surface area contributed by atoms with Crippen molar-refractivity contribution in [2.45, 2.75) is 75.7 Å². The number of rotatable bonds is 5. The number of nitrogens with zero attached hydrogens (tertiary/aromatic N) is 1. The number of aliphatic hydroxyl groups excluding tert-OH is 1. The Morgan fingerprint density at radius 3 is 2.23 bits per heavy atom. The van der Waals surface area contributed by atoms with Gasteiger partial charge in [0.25, 0.3) is 0 Å². The first-order chi connectivity index (χ1) is 10.4. The molecular formula is C18H31NO3. The maximum atomic E-state index is 11.4. The lowest BCUT2D eigenvalue weighted by Gasteiger charge is -2.48. The summed E-state index contributed by atoms with van der Waals surface area (Å²) >= 11 is 0. The Kier molecular flexibility index (Phi) is 3.61. The van der Waals surface area contributed by atoms with Crippen LogP contribution in [-0.4, -0.2) is 58.2 Å². The number of fused-ring (bicyclic) bond motifs is 1. The van der Waals surface area contributed by atoms with E-state index in [0.29, 0.717) is 6.61 Å². The summed E-state index contributed by atoms with van der Waals surface area (Å²) < 4.78 is 5.96. The zero-order valence-electron chi connectivity index (χ0n) is 14.0. The van der Waals surface area contributed by atoms with Gasteiger partial charge in [-0.05, 0) is 70.1 Å². The fourth-order valence-electron chi connectivity index (χ4n) is 4.75. The van der Waals surface area contributed by atoms with Gasteiger partial charge in [-0.25, -0.2) is 0 Å². The normalized spacial score (nSPS) is 44.3. The van der Waals surface area contributed by atoms with Crippen molar-refractivity contribution in [3.8, 4) is 0 Å². The number of hydrogen-bond donors (Lipinski definition) is 2. The van der Waals surface area contributed by atoms with Crippen LogP contribution in [0.25, 0.3) is 0 Å². The first-order valence-electron chi connectivity index (χ1n) is 9.16. The van der Waals surface area contributed by atoms with E-state index in [4.69, 9.17) is 4.74 Å². The highest BCUT2D eigenvalue weighted by Gasteiger charge is 2.60. The van der Waals surface area contributed by atoms with E-state index in [2.05, 4.69) is 18.7 Å². The molecule has 126 valence electrons. The Labute approximate surface area is 133 Å². The van der Waals surface area contributed by atoms with Gasteiger partial charge in [0, 0.05) is 13.1 Å². The van der Waals surface area contributed by atoms with Crippen molar-refractivity contribution < 1.29 is 14.9 Å². The summed E-state index contributed by atoms with van der Waals surface area (Å²) in [7, 11) is 0. The summed E-state index contributed by atoms with van der Waals surface area (Å²) in [5.74, 6) is 1.74. The van der Waals surface area contributed by atoms with E-state index >= 15 is 0 Å². The predicted molar refractivity (Wildman–Crippen MR) is 84.5 cm³/mol. The minimum Gasteiger partial charge on any atom is -0.391 e. The van der Waals surface area contributed by atoms with E-state index in [1.165, 1.54) is 25.7 Å². The van der Waals surface area contributed by atoms with Crippen LogP contribution in [0, 0.1) is 17.8 Å². The van der Waals surface area contributed by atoms with E-state index < -0.39 is 11.7 Å². The molecule has 1 heterocycles. The molecule has 2 N–H and O–H groups in total. The van der Waals surface area contributed by atoms with Gasteiger partial charge in [0.1, 0.15) is 5.60 Å². The van der Waals surface area contributed by atoms with E-state index in [0.717, 1.165) is 37.8 Å². The van der Waals surface area contributed by atoms with Gasteiger partial charge in [0.05, 0.1) is 24.4 Å². The van der Waals surface area contributed by atoms with Crippen LogP contribution in [-0.2, 0) is 4.74 Å². The third-order valence-electron chi connectivity index (χ3n) is 6.31. The second-order valence-corrected chi connectivity index (χ2v) is 9.03. The van der Waals surface area contributed by atoms with Gasteiger partial charge >= 0.3 is 0 Å². The molecule has 1 saturated heterocycles. The first kappa shape index (κ1) is 15.4. The van der Waals surface area contributed by atoms with Crippen LogP contribution in [0.4, 0.5) is 0 Å². The zero-order valence-corrected chi connectivity index (χ0v) is 14.0. The van der Waals surface area contributed by atoms with E-state index in [9.17, 15) is 10.2 Å². The van der Waals surface area contributed by atoms with Gasteiger partial charge in [0.2, 0.25) is 0 Å². The van der Waals surface area contributed by atoms with Gasteiger partial charge in [0.15, 0.2) is 0 Å². The predicted octanol–water partition coefficient (Wildman–Crippen LogP) is 1.79. The van der Waals surface area contributed by atoms with E-state index in [1.54, 1.807) is 0 Å². The molecule has 4 rings (SSSR count). The molecule has 0 bridgehead atoms. The van der Waals surface area contributed by atoms with Crippen molar-refractivity contribution in [3.63, 3.8) is 0 Å². The Balaban J connectivity index is 1.55. The third kappa shape index (κ3) is 2.83. The molecule has 4 aliphatic rings. The molecule has 0 unspecified atom stereocenters. The largest absolute Gasteiger partial charge is 0.391 e. The number of aliphatic hydroxyl groups is 2. The summed E-state index contributed by atoms with van der Waals surface area (Å²) in [5, 5.41) is 22.1. The van der Waals surface area contributed by atoms with Crippen LogP contribution in [0.2, 0.25) is 0 Å². The highest BCUT2D eigenvalue weighted by molar-refractivity contribution is 5.12. The summed E-state index contributed by atoms with van der Waals surface area (Å²) in [5.41, 5.74) is -1.04. The van der Waals surface area contributed by atoms with Crippen LogP contribution in [0.5, 0.6) is 0 Å². The van der Waals surface area contributed by atoms with Crippen molar-refractivity contribution in [1.29, 1.82) is 0 Å². The highest BCUT2D eigenvalue weighted by Crippen LogP contribution is 2.49. The lowest BCUT2D eigenvalue weighted by atomic mass is 9.78. The monoisotopic (exact) mass is 309 g/mol. The molecule has 0 aromatic heterocycles. The molecule has 0 radical (unpaired) electrons. The molecule has 3 aliphatic carbocycles. The van der Waals surface area contributed by atoms with Crippen molar-refractivity contribution in [2.24, 2.45) is 17.8 Å². The van der Waals surface area contributed by atoms with Crippen LogP contribution in [0.15, 0.2) is 0 Å². The molecule has 0 amide bonds. The van der Waals surface area contributed by atoms with Gasteiger partial charge in [-0.15, -0.1) is 0 Å². The molecule has 0 spiro atoms. The SMILES string of the molecule is CC1(C)C[C@H]2C[C@@H](O)[C@H](N(CC3CC3)CC3CC3)[C@]2(O)CO1. The molecule has 4 nitrogen and oxygen atoms in total. The van der Waals surface area contributed by atoms with Gasteiger partial charge in [-0.3, -0.25) is 4.90 Å². The molecule has 3 saturated carbocycles. The second kappa shape index (κ2) is 5.17. The van der Waals surface area contributed by atoms with Crippen molar-refractivity contribution in [3.05, 3.63) is 0 Å². The second-order valence-electron chi connectivity index (χ2n) is 9.03. The number of ether oxygens (including phenoxy) is 1. The maximum Gasteiger partial charge on any atom is 0.109 e. The van der Waals surface area contributed by atoms with E-state index in [-0.39, 0.29) is 17.6 Å². The fourth-order valence-corrected chi connectivity index (χ4v) is 4.75. The quantitative estimate of drug-likeness (QED) is 0.813. The minimum atomic E-state index is -0.862. The average Bonchev–Trinajstić information content (AvgIpc) is 3.31. The standard InChI is InChI=1S/C18H31NO3/c1-17(2)8-14-7-15(20)16(18(14,21)11-22-17)19(9-12-3-4-12)10-13-5-6-13/h12-16,20-21H,3-11H2,1-2H3/t14-,15-,16+,18+/m1/s1. The fraction of sp³-hybridized carbons (Fsp3) is 1.00. The summed E-state index contributed by atoms with van der Waals surface area (Å²) in [6.45, 7) is 6.67. The highest BCUT2D eigenvalue weighted by atomic mass is 16.5. The van der Waals surface area contributed by atoms with Gasteiger partial charge < -0.3 is 14.9 Å². The lowest BCUT2D eigenvalue weighted by molar-refractivity contribution is -0.198. The van der Waals surface area contributed by atoms with Crippen LogP contribution in [0.3, 0.4) is 0 Å². The average molecular weight is 309 g/mol. The Bertz CT molecular complexity index is 418. The molecule has 1 aliphatic heterocycles. The molecular weight excluding hydrogens is 278 g/mol. The van der Waals surface area contributed by atoms with Crippen molar-refractivity contribution >= 4 is 0 Å².